The zero-order chi connectivity index (χ0) is 19.6. The van der Waals surface area contributed by atoms with Crippen LogP contribution in [0.25, 0.3) is 0 Å². The molecule has 0 amide bonds. The van der Waals surface area contributed by atoms with E-state index in [0.29, 0.717) is 26.2 Å². The Balaban J connectivity index is 1.65. The maximum Gasteiger partial charge on any atom is 0.123 e. The van der Waals surface area contributed by atoms with E-state index in [4.69, 9.17) is 13.9 Å². The molecule has 0 aliphatic heterocycles. The smallest absolute Gasteiger partial charge is 0.123 e. The summed E-state index contributed by atoms with van der Waals surface area (Å²) in [4.78, 5) is 2.13. The molecule has 1 heterocycles. The predicted molar refractivity (Wildman–Crippen MR) is 108 cm³/mol. The van der Waals surface area contributed by atoms with Gasteiger partial charge >= 0.3 is 0 Å². The van der Waals surface area contributed by atoms with Crippen LogP contribution in [0.5, 0.6) is 11.5 Å². The fraction of sp³-hybridized carbons (Fsp3) is 0.304. The molecule has 1 unspecified atom stereocenters. The first-order chi connectivity index (χ1) is 13.7. The highest BCUT2D eigenvalue weighted by Crippen LogP contribution is 2.21. The SMILES string of the molecule is CCOc1ccccc1CN(Cc1ccco1)CC(O)COc1ccccc1. The molecule has 148 valence electrons. The third kappa shape index (κ3) is 6.15. The van der Waals surface area contributed by atoms with Gasteiger partial charge in [-0.2, -0.15) is 0 Å². The Kier molecular flexibility index (Phi) is 7.53. The first-order valence-corrected chi connectivity index (χ1v) is 9.56. The Bertz CT molecular complexity index is 804. The van der Waals surface area contributed by atoms with Gasteiger partial charge in [0.2, 0.25) is 0 Å². The predicted octanol–water partition coefficient (Wildman–Crippen LogP) is 4.12. The monoisotopic (exact) mass is 381 g/mol. The summed E-state index contributed by atoms with van der Waals surface area (Å²) < 4.78 is 16.9. The van der Waals surface area contributed by atoms with E-state index in [1.54, 1.807) is 6.26 Å². The molecule has 0 saturated heterocycles. The zero-order valence-corrected chi connectivity index (χ0v) is 16.2. The van der Waals surface area contributed by atoms with Crippen molar-refractivity contribution in [3.05, 3.63) is 84.3 Å². The fourth-order valence-electron chi connectivity index (χ4n) is 3.04. The van der Waals surface area contributed by atoms with Crippen LogP contribution in [0.4, 0.5) is 0 Å². The first-order valence-electron chi connectivity index (χ1n) is 9.56. The molecular weight excluding hydrogens is 354 g/mol. The van der Waals surface area contributed by atoms with Crippen molar-refractivity contribution >= 4 is 0 Å². The lowest BCUT2D eigenvalue weighted by Crippen LogP contribution is -2.35. The molecule has 0 radical (unpaired) electrons. The topological polar surface area (TPSA) is 55.1 Å². The number of furan rings is 1. The second kappa shape index (κ2) is 10.5. The van der Waals surface area contributed by atoms with Crippen LogP contribution in [0.1, 0.15) is 18.2 Å². The number of aliphatic hydroxyl groups is 1. The van der Waals surface area contributed by atoms with Gasteiger partial charge in [0.25, 0.3) is 0 Å². The average molecular weight is 381 g/mol. The van der Waals surface area contributed by atoms with E-state index in [-0.39, 0.29) is 6.61 Å². The van der Waals surface area contributed by atoms with Crippen LogP contribution in [-0.2, 0) is 13.1 Å². The molecule has 0 saturated carbocycles. The summed E-state index contributed by atoms with van der Waals surface area (Å²) in [6, 6.07) is 21.3. The van der Waals surface area contributed by atoms with Crippen LogP contribution in [0.2, 0.25) is 0 Å². The van der Waals surface area contributed by atoms with Crippen LogP contribution in [0.15, 0.2) is 77.4 Å². The fourth-order valence-corrected chi connectivity index (χ4v) is 3.04. The van der Waals surface area contributed by atoms with Gasteiger partial charge in [0.15, 0.2) is 0 Å². The lowest BCUT2D eigenvalue weighted by molar-refractivity contribution is 0.0601. The van der Waals surface area contributed by atoms with Gasteiger partial charge in [0, 0.05) is 18.7 Å². The Labute approximate surface area is 166 Å². The minimum Gasteiger partial charge on any atom is -0.494 e. The Morgan fingerprint density at radius 2 is 1.71 bits per heavy atom. The number of hydrogen-bond donors (Lipinski definition) is 1. The minimum atomic E-state index is -0.630. The summed E-state index contributed by atoms with van der Waals surface area (Å²) in [5, 5.41) is 10.5. The van der Waals surface area contributed by atoms with E-state index in [1.807, 2.05) is 73.7 Å². The Morgan fingerprint density at radius 3 is 2.46 bits per heavy atom. The summed E-state index contributed by atoms with van der Waals surface area (Å²) in [7, 11) is 0. The highest BCUT2D eigenvalue weighted by Gasteiger charge is 2.16. The van der Waals surface area contributed by atoms with Crippen LogP contribution >= 0.6 is 0 Å². The molecule has 1 atom stereocenters. The minimum absolute atomic E-state index is 0.228. The van der Waals surface area contributed by atoms with Crippen molar-refractivity contribution in [3.63, 3.8) is 0 Å². The van der Waals surface area contributed by atoms with Crippen molar-refractivity contribution in [1.29, 1.82) is 0 Å². The second-order valence-electron chi connectivity index (χ2n) is 6.57. The van der Waals surface area contributed by atoms with Gasteiger partial charge < -0.3 is 19.0 Å². The number of aliphatic hydroxyl groups excluding tert-OH is 1. The quantitative estimate of drug-likeness (QED) is 0.541. The highest BCUT2D eigenvalue weighted by atomic mass is 16.5. The second-order valence-corrected chi connectivity index (χ2v) is 6.57. The van der Waals surface area contributed by atoms with Gasteiger partial charge in [0.1, 0.15) is 30.0 Å². The molecule has 0 aliphatic carbocycles. The molecule has 0 fully saturated rings. The van der Waals surface area contributed by atoms with E-state index in [1.165, 1.54) is 0 Å². The van der Waals surface area contributed by atoms with Crippen LogP contribution in [0.3, 0.4) is 0 Å². The number of benzene rings is 2. The highest BCUT2D eigenvalue weighted by molar-refractivity contribution is 5.33. The lowest BCUT2D eigenvalue weighted by Gasteiger charge is -2.25. The summed E-state index contributed by atoms with van der Waals surface area (Å²) >= 11 is 0. The number of ether oxygens (including phenoxy) is 2. The van der Waals surface area contributed by atoms with Crippen LogP contribution in [-0.4, -0.2) is 35.9 Å². The van der Waals surface area contributed by atoms with E-state index in [0.717, 1.165) is 22.8 Å². The third-order valence-corrected chi connectivity index (χ3v) is 4.28. The molecule has 3 aromatic rings. The molecule has 5 heteroatoms. The number of nitrogens with zero attached hydrogens (tertiary/aromatic N) is 1. The molecule has 28 heavy (non-hydrogen) atoms. The molecule has 2 aromatic carbocycles. The number of para-hydroxylation sites is 2. The molecule has 0 aliphatic rings. The van der Waals surface area contributed by atoms with Crippen molar-refractivity contribution in [2.75, 3.05) is 19.8 Å². The Morgan fingerprint density at radius 1 is 0.929 bits per heavy atom. The standard InChI is InChI=1S/C23H27NO4/c1-2-26-23-13-7-6-9-19(23)15-24(17-22-12-8-14-27-22)16-20(25)18-28-21-10-4-3-5-11-21/h3-14,20,25H,2,15-18H2,1H3. The van der Waals surface area contributed by atoms with Crippen molar-refractivity contribution in [1.82, 2.24) is 4.90 Å². The maximum absolute atomic E-state index is 10.5. The molecule has 0 spiro atoms. The molecule has 1 N–H and O–H groups in total. The van der Waals surface area contributed by atoms with Crippen molar-refractivity contribution < 1.29 is 19.0 Å². The van der Waals surface area contributed by atoms with E-state index in [9.17, 15) is 5.11 Å². The summed E-state index contributed by atoms with van der Waals surface area (Å²) in [6.07, 6.45) is 1.03. The normalized spacial score (nSPS) is 12.1. The van der Waals surface area contributed by atoms with Gasteiger partial charge in [-0.1, -0.05) is 36.4 Å². The molecule has 1 aromatic heterocycles. The van der Waals surface area contributed by atoms with Crippen molar-refractivity contribution in [2.24, 2.45) is 0 Å². The van der Waals surface area contributed by atoms with Gasteiger partial charge in [-0.25, -0.2) is 0 Å². The van der Waals surface area contributed by atoms with Crippen molar-refractivity contribution in [2.45, 2.75) is 26.1 Å². The molecular formula is C23H27NO4. The molecule has 0 bridgehead atoms. The largest absolute Gasteiger partial charge is 0.494 e. The van der Waals surface area contributed by atoms with Crippen LogP contribution < -0.4 is 9.47 Å². The van der Waals surface area contributed by atoms with Gasteiger partial charge in [-0.3, -0.25) is 4.90 Å². The van der Waals surface area contributed by atoms with Crippen LogP contribution in [0, 0.1) is 0 Å². The van der Waals surface area contributed by atoms with E-state index < -0.39 is 6.10 Å². The number of rotatable bonds is 11. The van der Waals surface area contributed by atoms with Gasteiger partial charge in [0.05, 0.1) is 19.4 Å². The number of hydrogen-bond acceptors (Lipinski definition) is 5. The van der Waals surface area contributed by atoms with E-state index in [2.05, 4.69) is 4.90 Å². The zero-order valence-electron chi connectivity index (χ0n) is 16.2. The van der Waals surface area contributed by atoms with E-state index >= 15 is 0 Å². The van der Waals surface area contributed by atoms with Gasteiger partial charge in [-0.05, 0) is 37.3 Å². The Hall–Kier alpha value is -2.76. The van der Waals surface area contributed by atoms with Gasteiger partial charge in [-0.15, -0.1) is 0 Å². The maximum atomic E-state index is 10.5. The summed E-state index contributed by atoms with van der Waals surface area (Å²) in [5.74, 6) is 2.47. The molecule has 3 rings (SSSR count). The van der Waals surface area contributed by atoms with Crippen molar-refractivity contribution in [3.8, 4) is 11.5 Å². The third-order valence-electron chi connectivity index (χ3n) is 4.28. The summed E-state index contributed by atoms with van der Waals surface area (Å²) in [6.45, 7) is 4.50. The summed E-state index contributed by atoms with van der Waals surface area (Å²) in [5.41, 5.74) is 1.08. The average Bonchev–Trinajstić information content (AvgIpc) is 3.22. The first kappa shape index (κ1) is 20.0. The molecule has 5 nitrogen and oxygen atoms in total. The lowest BCUT2D eigenvalue weighted by atomic mass is 10.1.